The van der Waals surface area contributed by atoms with E-state index in [0.29, 0.717) is 0 Å². The van der Waals surface area contributed by atoms with Gasteiger partial charge in [-0.3, -0.25) is 0 Å². The number of benzene rings is 1. The fourth-order valence-corrected chi connectivity index (χ4v) is 2.04. The molecule has 0 bridgehead atoms. The van der Waals surface area contributed by atoms with Crippen LogP contribution in [0, 0.1) is 0 Å². The maximum Gasteiger partial charge on any atom is 0.126 e. The Kier molecular flexibility index (Phi) is 3.66. The minimum atomic E-state index is 0.811. The Morgan fingerprint density at radius 1 is 1.24 bits per heavy atom. The first-order chi connectivity index (χ1) is 8.18. The van der Waals surface area contributed by atoms with Gasteiger partial charge in [0.2, 0.25) is 0 Å². The second-order valence-electron chi connectivity index (χ2n) is 3.63. The minimum Gasteiger partial charge on any atom is -0.465 e. The summed E-state index contributed by atoms with van der Waals surface area (Å²) in [6, 6.07) is 9.66. The zero-order valence-corrected chi connectivity index (χ0v) is 11.0. The Balaban J connectivity index is 2.37. The van der Waals surface area contributed by atoms with Gasteiger partial charge in [-0.25, -0.2) is 5.84 Å². The number of anilines is 1. The molecule has 0 saturated heterocycles. The predicted molar refractivity (Wildman–Crippen MR) is 74.4 cm³/mol. The molecule has 2 aromatic rings. The third-order valence-electron chi connectivity index (χ3n) is 2.37. The molecule has 1 heterocycles. The van der Waals surface area contributed by atoms with E-state index in [9.17, 15) is 0 Å². The van der Waals surface area contributed by atoms with E-state index in [0.717, 1.165) is 21.5 Å². The number of nitrogens with two attached hydrogens (primary N) is 1. The lowest BCUT2D eigenvalue weighted by Gasteiger charge is -2.16. The number of rotatable bonds is 3. The van der Waals surface area contributed by atoms with Crippen LogP contribution < -0.4 is 10.9 Å². The van der Waals surface area contributed by atoms with Crippen LogP contribution in [0.15, 0.2) is 45.5 Å². The van der Waals surface area contributed by atoms with Crippen LogP contribution >= 0.6 is 15.9 Å². The minimum absolute atomic E-state index is 0.811. The van der Waals surface area contributed by atoms with Gasteiger partial charge in [-0.1, -0.05) is 22.0 Å². The molecule has 1 aromatic carbocycles. The summed E-state index contributed by atoms with van der Waals surface area (Å²) in [5, 5.41) is 1.59. The number of nitrogens with zero attached hydrogens (tertiary/aromatic N) is 1. The molecule has 0 amide bonds. The monoisotopic (exact) mass is 292 g/mol. The van der Waals surface area contributed by atoms with Crippen LogP contribution in [0.2, 0.25) is 0 Å². The Bertz CT molecular complexity index is 518. The van der Waals surface area contributed by atoms with E-state index in [1.807, 2.05) is 49.5 Å². The molecular formula is C13H13BrN2O. The summed E-state index contributed by atoms with van der Waals surface area (Å²) in [5.41, 5.74) is 1.97. The molecule has 0 radical (unpaired) electrons. The second kappa shape index (κ2) is 5.21. The lowest BCUT2D eigenvalue weighted by Crippen LogP contribution is -2.25. The fraction of sp³-hybridized carbons (Fsp3) is 0.0769. The van der Waals surface area contributed by atoms with E-state index in [4.69, 9.17) is 10.3 Å². The largest absolute Gasteiger partial charge is 0.465 e. The molecule has 0 aliphatic carbocycles. The molecule has 0 saturated carbocycles. The van der Waals surface area contributed by atoms with Crippen LogP contribution in [0.3, 0.4) is 0 Å². The molecule has 4 heteroatoms. The van der Waals surface area contributed by atoms with E-state index in [1.54, 1.807) is 11.3 Å². The van der Waals surface area contributed by atoms with Gasteiger partial charge in [-0.15, -0.1) is 0 Å². The van der Waals surface area contributed by atoms with Gasteiger partial charge in [0.05, 0.1) is 12.0 Å². The average molecular weight is 293 g/mol. The van der Waals surface area contributed by atoms with Gasteiger partial charge in [-0.05, 0) is 36.4 Å². The summed E-state index contributed by atoms with van der Waals surface area (Å²) in [7, 11) is 1.81. The molecule has 0 unspecified atom stereocenters. The summed E-state index contributed by atoms with van der Waals surface area (Å²) >= 11 is 3.52. The van der Waals surface area contributed by atoms with Gasteiger partial charge in [0.25, 0.3) is 0 Å². The molecule has 88 valence electrons. The number of furan rings is 1. The van der Waals surface area contributed by atoms with Crippen molar-refractivity contribution in [3.8, 4) is 0 Å². The first-order valence-corrected chi connectivity index (χ1v) is 5.96. The summed E-state index contributed by atoms with van der Waals surface area (Å²) in [4.78, 5) is 0. The van der Waals surface area contributed by atoms with Gasteiger partial charge in [-0.2, -0.15) is 0 Å². The molecule has 2 N–H and O–H groups in total. The van der Waals surface area contributed by atoms with Crippen LogP contribution in [0.5, 0.6) is 0 Å². The van der Waals surface area contributed by atoms with Crippen molar-refractivity contribution < 1.29 is 4.42 Å². The molecule has 17 heavy (non-hydrogen) atoms. The molecule has 0 aliphatic rings. The highest BCUT2D eigenvalue weighted by Gasteiger charge is 2.05. The number of hydrogen-bond acceptors (Lipinski definition) is 3. The smallest absolute Gasteiger partial charge is 0.126 e. The SMILES string of the molecule is CN(N)c1cccc(Br)c1/C=C/c1ccco1. The van der Waals surface area contributed by atoms with Crippen LogP contribution in [0.4, 0.5) is 5.69 Å². The van der Waals surface area contributed by atoms with Gasteiger partial charge < -0.3 is 9.43 Å². The van der Waals surface area contributed by atoms with E-state index in [2.05, 4.69) is 15.9 Å². The first-order valence-electron chi connectivity index (χ1n) is 5.17. The maximum absolute atomic E-state index is 5.79. The molecule has 2 rings (SSSR count). The molecule has 0 atom stereocenters. The van der Waals surface area contributed by atoms with Gasteiger partial charge in [0.1, 0.15) is 5.76 Å². The second-order valence-corrected chi connectivity index (χ2v) is 4.49. The maximum atomic E-state index is 5.79. The van der Waals surface area contributed by atoms with Crippen molar-refractivity contribution in [1.82, 2.24) is 0 Å². The van der Waals surface area contributed by atoms with Crippen molar-refractivity contribution in [3.05, 3.63) is 52.4 Å². The van der Waals surface area contributed by atoms with Crippen molar-refractivity contribution in [1.29, 1.82) is 0 Å². The first kappa shape index (κ1) is 12.0. The highest BCUT2D eigenvalue weighted by atomic mass is 79.9. The molecular weight excluding hydrogens is 280 g/mol. The normalized spacial score (nSPS) is 11.0. The zero-order chi connectivity index (χ0) is 12.3. The highest BCUT2D eigenvalue weighted by Crippen LogP contribution is 2.28. The van der Waals surface area contributed by atoms with Gasteiger partial charge in [0.15, 0.2) is 0 Å². The average Bonchev–Trinajstić information content (AvgIpc) is 2.80. The number of hydrogen-bond donors (Lipinski definition) is 1. The van der Waals surface area contributed by atoms with Crippen molar-refractivity contribution in [3.63, 3.8) is 0 Å². The highest BCUT2D eigenvalue weighted by molar-refractivity contribution is 9.10. The molecule has 1 aromatic heterocycles. The molecule has 0 aliphatic heterocycles. The van der Waals surface area contributed by atoms with Crippen molar-refractivity contribution >= 4 is 33.8 Å². The summed E-state index contributed by atoms with van der Waals surface area (Å²) in [5.74, 6) is 6.60. The predicted octanol–water partition coefficient (Wildman–Crippen LogP) is 3.52. The fourth-order valence-electron chi connectivity index (χ4n) is 1.55. The van der Waals surface area contributed by atoms with E-state index >= 15 is 0 Å². The van der Waals surface area contributed by atoms with Crippen LogP contribution in [0.25, 0.3) is 12.2 Å². The van der Waals surface area contributed by atoms with E-state index < -0.39 is 0 Å². The Morgan fingerprint density at radius 3 is 2.71 bits per heavy atom. The van der Waals surface area contributed by atoms with Crippen molar-refractivity contribution in [2.75, 3.05) is 12.1 Å². The van der Waals surface area contributed by atoms with Crippen LogP contribution in [-0.4, -0.2) is 7.05 Å². The number of halogens is 1. The Labute approximate surface area is 109 Å². The quantitative estimate of drug-likeness (QED) is 0.695. The third kappa shape index (κ3) is 2.78. The molecule has 0 fully saturated rings. The van der Waals surface area contributed by atoms with Crippen molar-refractivity contribution in [2.24, 2.45) is 5.84 Å². The van der Waals surface area contributed by atoms with E-state index in [-0.39, 0.29) is 0 Å². The zero-order valence-electron chi connectivity index (χ0n) is 9.43. The van der Waals surface area contributed by atoms with Gasteiger partial charge >= 0.3 is 0 Å². The van der Waals surface area contributed by atoms with Crippen LogP contribution in [0.1, 0.15) is 11.3 Å². The van der Waals surface area contributed by atoms with Gasteiger partial charge in [0, 0.05) is 17.1 Å². The summed E-state index contributed by atoms with van der Waals surface area (Å²) in [6.07, 6.45) is 5.53. The molecule has 3 nitrogen and oxygen atoms in total. The third-order valence-corrected chi connectivity index (χ3v) is 3.06. The van der Waals surface area contributed by atoms with Crippen molar-refractivity contribution in [2.45, 2.75) is 0 Å². The number of hydrazine groups is 1. The lowest BCUT2D eigenvalue weighted by molar-refractivity contribution is 0.557. The standard InChI is InChI=1S/C13H13BrN2O/c1-16(15)13-6-2-5-12(14)11(13)8-7-10-4-3-9-17-10/h2-9H,15H2,1H3/b8-7+. The lowest BCUT2D eigenvalue weighted by atomic mass is 10.1. The summed E-state index contributed by atoms with van der Waals surface area (Å²) < 4.78 is 6.24. The van der Waals surface area contributed by atoms with Crippen LogP contribution in [-0.2, 0) is 0 Å². The summed E-state index contributed by atoms with van der Waals surface area (Å²) in [6.45, 7) is 0. The Morgan fingerprint density at radius 2 is 2.06 bits per heavy atom. The topological polar surface area (TPSA) is 42.4 Å². The molecule has 0 spiro atoms. The van der Waals surface area contributed by atoms with E-state index in [1.165, 1.54) is 0 Å². The Hall–Kier alpha value is -1.52.